The van der Waals surface area contributed by atoms with Crippen LogP contribution < -0.4 is 4.90 Å². The molecule has 0 amide bonds. The Bertz CT molecular complexity index is 708. The van der Waals surface area contributed by atoms with E-state index in [2.05, 4.69) is 39.5 Å². The summed E-state index contributed by atoms with van der Waals surface area (Å²) in [4.78, 5) is 3.35. The first-order valence-corrected chi connectivity index (χ1v) is 8.84. The van der Waals surface area contributed by atoms with Crippen LogP contribution in [0.4, 0.5) is 5.82 Å². The highest BCUT2D eigenvalue weighted by molar-refractivity contribution is 7.10. The van der Waals surface area contributed by atoms with Gasteiger partial charge in [-0.3, -0.25) is 0 Å². The molecule has 1 atom stereocenters. The van der Waals surface area contributed by atoms with Gasteiger partial charge in [-0.25, -0.2) is 0 Å². The molecule has 2 aromatic rings. The second kappa shape index (κ2) is 7.07. The van der Waals surface area contributed by atoms with Crippen LogP contribution in [-0.2, 0) is 17.6 Å². The van der Waals surface area contributed by atoms with E-state index in [1.165, 1.54) is 4.88 Å². The second-order valence-corrected chi connectivity index (χ2v) is 6.44. The molecule has 0 radical (unpaired) electrons. The summed E-state index contributed by atoms with van der Waals surface area (Å²) in [6, 6.07) is 6.48. The summed E-state index contributed by atoms with van der Waals surface area (Å²) < 4.78 is 5.89. The van der Waals surface area contributed by atoms with Gasteiger partial charge >= 0.3 is 0 Å². The Hall–Kier alpha value is -1.97. The molecule has 0 spiro atoms. The fourth-order valence-electron chi connectivity index (χ4n) is 2.99. The lowest BCUT2D eigenvalue weighted by molar-refractivity contribution is 0.0417. The monoisotopic (exact) mass is 328 g/mol. The summed E-state index contributed by atoms with van der Waals surface area (Å²) in [6.45, 7) is 6.19. The van der Waals surface area contributed by atoms with Crippen molar-refractivity contribution in [3.8, 4) is 6.07 Å². The first kappa shape index (κ1) is 15.9. The van der Waals surface area contributed by atoms with Crippen LogP contribution in [-0.4, -0.2) is 29.9 Å². The topological polar surface area (TPSA) is 62.0 Å². The Morgan fingerprint density at radius 3 is 2.91 bits per heavy atom. The van der Waals surface area contributed by atoms with E-state index in [0.29, 0.717) is 24.5 Å². The number of nitrogens with zero attached hydrogens (tertiary/aromatic N) is 4. The van der Waals surface area contributed by atoms with Crippen LogP contribution >= 0.6 is 11.3 Å². The number of hydrogen-bond acceptors (Lipinski definition) is 6. The van der Waals surface area contributed by atoms with Crippen molar-refractivity contribution in [2.45, 2.75) is 32.8 Å². The molecule has 120 valence electrons. The van der Waals surface area contributed by atoms with Crippen LogP contribution in [0, 0.1) is 11.3 Å². The van der Waals surface area contributed by atoms with Gasteiger partial charge in [0.25, 0.3) is 0 Å². The molecule has 0 N–H and O–H groups in total. The first-order chi connectivity index (χ1) is 11.3. The van der Waals surface area contributed by atoms with Crippen LogP contribution in [0.1, 0.15) is 41.6 Å². The minimum Gasteiger partial charge on any atom is -0.369 e. The van der Waals surface area contributed by atoms with Gasteiger partial charge in [0.1, 0.15) is 17.7 Å². The largest absolute Gasteiger partial charge is 0.369 e. The molecule has 1 saturated heterocycles. The van der Waals surface area contributed by atoms with Crippen molar-refractivity contribution in [3.05, 3.63) is 39.2 Å². The van der Waals surface area contributed by atoms with Crippen LogP contribution in [0.3, 0.4) is 0 Å². The van der Waals surface area contributed by atoms with Gasteiger partial charge in [-0.15, -0.1) is 16.4 Å². The maximum atomic E-state index is 9.66. The number of hydrogen-bond donors (Lipinski definition) is 0. The van der Waals surface area contributed by atoms with Gasteiger partial charge in [0, 0.05) is 11.4 Å². The number of ether oxygens (including phenoxy) is 1. The molecule has 5 nitrogen and oxygen atoms in total. The fourth-order valence-corrected chi connectivity index (χ4v) is 3.76. The molecular formula is C17H20N4OS. The molecular weight excluding hydrogens is 308 g/mol. The molecule has 6 heteroatoms. The number of rotatable bonds is 4. The molecule has 23 heavy (non-hydrogen) atoms. The van der Waals surface area contributed by atoms with Gasteiger partial charge in [-0.05, 0) is 29.9 Å². The molecule has 0 aromatic carbocycles. The molecule has 1 aliphatic heterocycles. The minimum atomic E-state index is 0.0352. The third-order valence-electron chi connectivity index (χ3n) is 4.17. The van der Waals surface area contributed by atoms with E-state index in [1.54, 1.807) is 11.3 Å². The summed E-state index contributed by atoms with van der Waals surface area (Å²) >= 11 is 1.70. The summed E-state index contributed by atoms with van der Waals surface area (Å²) in [5, 5.41) is 20.4. The van der Waals surface area contributed by atoms with E-state index in [9.17, 15) is 5.26 Å². The lowest BCUT2D eigenvalue weighted by atomic mass is 10.0. The zero-order chi connectivity index (χ0) is 16.2. The number of morpholine rings is 1. The lowest BCUT2D eigenvalue weighted by Gasteiger charge is -2.33. The maximum absolute atomic E-state index is 9.66. The van der Waals surface area contributed by atoms with E-state index in [0.717, 1.165) is 30.6 Å². The minimum absolute atomic E-state index is 0.0352. The number of aromatic nitrogens is 2. The predicted molar refractivity (Wildman–Crippen MR) is 90.7 cm³/mol. The molecule has 3 heterocycles. The highest BCUT2D eigenvalue weighted by atomic mass is 32.1. The Balaban J connectivity index is 1.93. The third kappa shape index (κ3) is 3.07. The standard InChI is InChI=1S/C17H20N4OS/c1-3-12-13(10-18)17(20-19-14(12)4-2)21-7-8-22-15(11-21)16-6-5-9-23-16/h5-6,9,15H,3-4,7-8,11H2,1-2H3. The van der Waals surface area contributed by atoms with Gasteiger partial charge in [-0.2, -0.15) is 10.4 Å². The fraction of sp³-hybridized carbons (Fsp3) is 0.471. The summed E-state index contributed by atoms with van der Waals surface area (Å²) in [7, 11) is 0. The van der Waals surface area contributed by atoms with Crippen molar-refractivity contribution in [2.75, 3.05) is 24.6 Å². The third-order valence-corrected chi connectivity index (χ3v) is 5.13. The van der Waals surface area contributed by atoms with Gasteiger partial charge in [0.05, 0.1) is 18.8 Å². The Morgan fingerprint density at radius 1 is 1.39 bits per heavy atom. The van der Waals surface area contributed by atoms with E-state index < -0.39 is 0 Å². The van der Waals surface area contributed by atoms with Crippen molar-refractivity contribution in [3.63, 3.8) is 0 Å². The zero-order valence-electron chi connectivity index (χ0n) is 13.5. The quantitative estimate of drug-likeness (QED) is 0.863. The number of nitriles is 1. The summed E-state index contributed by atoms with van der Waals surface area (Å²) in [5.74, 6) is 0.700. The first-order valence-electron chi connectivity index (χ1n) is 7.96. The van der Waals surface area contributed by atoms with Crippen LogP contribution in [0.15, 0.2) is 17.5 Å². The van der Waals surface area contributed by atoms with Gasteiger partial charge in [-0.1, -0.05) is 19.9 Å². The Labute approximate surface area is 140 Å². The smallest absolute Gasteiger partial charge is 0.169 e. The predicted octanol–water partition coefficient (Wildman–Crippen LogP) is 3.11. The van der Waals surface area contributed by atoms with Crippen molar-refractivity contribution in [1.82, 2.24) is 10.2 Å². The molecule has 1 aliphatic rings. The number of aryl methyl sites for hydroxylation is 1. The van der Waals surface area contributed by atoms with Crippen molar-refractivity contribution in [1.29, 1.82) is 5.26 Å². The van der Waals surface area contributed by atoms with Crippen molar-refractivity contribution < 1.29 is 4.74 Å². The summed E-state index contributed by atoms with van der Waals surface area (Å²) in [6.07, 6.45) is 1.63. The molecule has 0 bridgehead atoms. The van der Waals surface area contributed by atoms with Crippen molar-refractivity contribution >= 4 is 17.2 Å². The van der Waals surface area contributed by atoms with E-state index in [4.69, 9.17) is 4.74 Å². The van der Waals surface area contributed by atoms with Crippen molar-refractivity contribution in [2.24, 2.45) is 0 Å². The van der Waals surface area contributed by atoms with Gasteiger partial charge in [0.2, 0.25) is 0 Å². The highest BCUT2D eigenvalue weighted by Gasteiger charge is 2.27. The molecule has 0 aliphatic carbocycles. The van der Waals surface area contributed by atoms with Gasteiger partial charge in [0.15, 0.2) is 5.82 Å². The SMILES string of the molecule is CCc1nnc(N2CCOC(c3cccs3)C2)c(C#N)c1CC. The van der Waals surface area contributed by atoms with Crippen LogP contribution in [0.5, 0.6) is 0 Å². The molecule has 2 aromatic heterocycles. The number of thiophene rings is 1. The molecule has 1 fully saturated rings. The second-order valence-electron chi connectivity index (χ2n) is 5.46. The molecule has 0 saturated carbocycles. The highest BCUT2D eigenvalue weighted by Crippen LogP contribution is 2.30. The average Bonchev–Trinajstić information content (AvgIpc) is 3.15. The lowest BCUT2D eigenvalue weighted by Crippen LogP contribution is -2.39. The van der Waals surface area contributed by atoms with Crippen LogP contribution in [0.25, 0.3) is 0 Å². The Morgan fingerprint density at radius 2 is 2.26 bits per heavy atom. The zero-order valence-corrected chi connectivity index (χ0v) is 14.3. The molecule has 1 unspecified atom stereocenters. The summed E-state index contributed by atoms with van der Waals surface area (Å²) in [5.41, 5.74) is 2.63. The van der Waals surface area contributed by atoms with E-state index in [1.807, 2.05) is 13.0 Å². The van der Waals surface area contributed by atoms with E-state index >= 15 is 0 Å². The number of anilines is 1. The molecule has 3 rings (SSSR count). The van der Waals surface area contributed by atoms with Crippen LogP contribution in [0.2, 0.25) is 0 Å². The maximum Gasteiger partial charge on any atom is 0.169 e. The Kier molecular flexibility index (Phi) is 4.89. The normalized spacial score (nSPS) is 18.0. The van der Waals surface area contributed by atoms with E-state index in [-0.39, 0.29) is 6.10 Å². The van der Waals surface area contributed by atoms with Gasteiger partial charge < -0.3 is 9.64 Å². The average molecular weight is 328 g/mol.